The normalized spacial score (nSPS) is 12.6. The molecular formula is C18H29N3. The van der Waals surface area contributed by atoms with Gasteiger partial charge in [-0.15, -0.1) is 0 Å². The third kappa shape index (κ3) is 2.70. The fraction of sp³-hybridized carbons (Fsp3) is 0.667. The van der Waals surface area contributed by atoms with Crippen LogP contribution in [0.5, 0.6) is 0 Å². The number of hydrogen-bond donors (Lipinski definition) is 0. The summed E-state index contributed by atoms with van der Waals surface area (Å²) in [7, 11) is 0. The van der Waals surface area contributed by atoms with Gasteiger partial charge < -0.3 is 4.57 Å². The van der Waals surface area contributed by atoms with E-state index in [1.54, 1.807) is 0 Å². The van der Waals surface area contributed by atoms with E-state index in [1.807, 2.05) is 6.20 Å². The molecule has 0 aromatic carbocycles. The van der Waals surface area contributed by atoms with E-state index in [4.69, 9.17) is 9.97 Å². The summed E-state index contributed by atoms with van der Waals surface area (Å²) < 4.78 is 2.38. The Bertz CT molecular complexity index is 633. The van der Waals surface area contributed by atoms with Gasteiger partial charge in [-0.2, -0.15) is 0 Å². The Labute approximate surface area is 128 Å². The molecule has 0 aliphatic heterocycles. The van der Waals surface area contributed by atoms with E-state index in [9.17, 15) is 0 Å². The van der Waals surface area contributed by atoms with Gasteiger partial charge in [0.15, 0.2) is 5.65 Å². The molecule has 2 aromatic rings. The van der Waals surface area contributed by atoms with Crippen LogP contribution in [0.25, 0.3) is 11.2 Å². The van der Waals surface area contributed by atoms with E-state index in [1.165, 1.54) is 11.3 Å². The lowest BCUT2D eigenvalue weighted by Gasteiger charge is -2.18. The maximum Gasteiger partial charge on any atom is 0.159 e. The molecule has 2 heterocycles. The highest BCUT2D eigenvalue weighted by Crippen LogP contribution is 2.36. The lowest BCUT2D eigenvalue weighted by atomic mass is 9.96. The molecule has 2 aromatic heterocycles. The highest BCUT2D eigenvalue weighted by atomic mass is 15.1. The van der Waals surface area contributed by atoms with Crippen molar-refractivity contribution in [1.29, 1.82) is 0 Å². The summed E-state index contributed by atoms with van der Waals surface area (Å²) >= 11 is 0. The summed E-state index contributed by atoms with van der Waals surface area (Å²) in [6, 6.07) is 0.400. The molecule has 0 saturated heterocycles. The van der Waals surface area contributed by atoms with Gasteiger partial charge in [-0.25, -0.2) is 9.97 Å². The lowest BCUT2D eigenvalue weighted by molar-refractivity contribution is 0.565. The molecule has 0 aliphatic rings. The van der Waals surface area contributed by atoms with Crippen molar-refractivity contribution in [1.82, 2.24) is 14.5 Å². The van der Waals surface area contributed by atoms with E-state index in [0.717, 1.165) is 16.9 Å². The van der Waals surface area contributed by atoms with Crippen LogP contribution < -0.4 is 0 Å². The molecule has 0 spiro atoms. The first kappa shape index (κ1) is 16.0. The number of fused-ring (bicyclic) bond motifs is 1. The second kappa shape index (κ2) is 5.78. The van der Waals surface area contributed by atoms with Crippen molar-refractivity contribution >= 4 is 11.2 Å². The van der Waals surface area contributed by atoms with Gasteiger partial charge in [0.2, 0.25) is 0 Å². The van der Waals surface area contributed by atoms with E-state index < -0.39 is 0 Å². The average Bonchev–Trinajstić information content (AvgIpc) is 2.72. The van der Waals surface area contributed by atoms with E-state index in [-0.39, 0.29) is 0 Å². The average molecular weight is 287 g/mol. The van der Waals surface area contributed by atoms with Gasteiger partial charge >= 0.3 is 0 Å². The van der Waals surface area contributed by atoms with Crippen LogP contribution in [0, 0.1) is 0 Å². The van der Waals surface area contributed by atoms with Crippen molar-refractivity contribution in [2.45, 2.75) is 79.2 Å². The fourth-order valence-electron chi connectivity index (χ4n) is 3.08. The van der Waals surface area contributed by atoms with Crippen molar-refractivity contribution < 1.29 is 0 Å². The standard InChI is InChI=1S/C18H29N3/c1-10(2)14-9-19-18-16(20-14)15(11(3)4)17(12(5)6)21(18)13(7)8/h9-13H,1-8H3. The van der Waals surface area contributed by atoms with Gasteiger partial charge in [-0.1, -0.05) is 41.5 Å². The summed E-state index contributed by atoms with van der Waals surface area (Å²) in [6.45, 7) is 17.9. The molecule has 3 heteroatoms. The van der Waals surface area contributed by atoms with Crippen LogP contribution in [-0.4, -0.2) is 14.5 Å². The minimum Gasteiger partial charge on any atom is -0.325 e. The van der Waals surface area contributed by atoms with E-state index >= 15 is 0 Å². The van der Waals surface area contributed by atoms with Crippen molar-refractivity contribution in [3.63, 3.8) is 0 Å². The summed E-state index contributed by atoms with van der Waals surface area (Å²) in [4.78, 5) is 9.73. The van der Waals surface area contributed by atoms with Crippen LogP contribution in [-0.2, 0) is 0 Å². The zero-order chi connectivity index (χ0) is 15.9. The first-order chi connectivity index (χ1) is 9.75. The molecule has 0 amide bonds. The lowest BCUT2D eigenvalue weighted by Crippen LogP contribution is -2.09. The van der Waals surface area contributed by atoms with E-state index in [2.05, 4.69) is 60.0 Å². The van der Waals surface area contributed by atoms with Crippen molar-refractivity contribution in [3.05, 3.63) is 23.1 Å². The number of nitrogens with zero attached hydrogens (tertiary/aromatic N) is 3. The first-order valence-electron chi connectivity index (χ1n) is 8.16. The summed E-state index contributed by atoms with van der Waals surface area (Å²) in [5, 5.41) is 0. The zero-order valence-electron chi connectivity index (χ0n) is 14.7. The van der Waals surface area contributed by atoms with E-state index in [0.29, 0.717) is 23.8 Å². The van der Waals surface area contributed by atoms with Crippen LogP contribution in [0.1, 0.15) is 96.1 Å². The molecule has 0 fully saturated rings. The molecule has 0 radical (unpaired) electrons. The molecule has 0 saturated carbocycles. The van der Waals surface area contributed by atoms with Gasteiger partial charge in [0.05, 0.1) is 11.9 Å². The smallest absolute Gasteiger partial charge is 0.159 e. The van der Waals surface area contributed by atoms with Crippen molar-refractivity contribution in [2.75, 3.05) is 0 Å². The summed E-state index contributed by atoms with van der Waals surface area (Å²) in [5.74, 6) is 1.34. The molecular weight excluding hydrogens is 258 g/mol. The third-order valence-corrected chi connectivity index (χ3v) is 4.02. The van der Waals surface area contributed by atoms with Crippen LogP contribution in [0.3, 0.4) is 0 Å². The van der Waals surface area contributed by atoms with Crippen molar-refractivity contribution in [3.8, 4) is 0 Å². The quantitative estimate of drug-likeness (QED) is 0.755. The summed E-state index contributed by atoms with van der Waals surface area (Å²) in [6.07, 6.45) is 1.94. The SMILES string of the molecule is CC(C)c1cnc2c(n1)c(C(C)C)c(C(C)C)n2C(C)C. The first-order valence-corrected chi connectivity index (χ1v) is 8.16. The second-order valence-corrected chi connectivity index (χ2v) is 7.19. The Kier molecular flexibility index (Phi) is 4.40. The van der Waals surface area contributed by atoms with Gasteiger partial charge in [-0.05, 0) is 31.6 Å². The molecule has 0 N–H and O–H groups in total. The fourth-order valence-corrected chi connectivity index (χ4v) is 3.08. The summed E-state index contributed by atoms with van der Waals surface area (Å²) in [5.41, 5.74) is 6.01. The van der Waals surface area contributed by atoms with Crippen LogP contribution >= 0.6 is 0 Å². The third-order valence-electron chi connectivity index (χ3n) is 4.02. The Balaban J connectivity index is 2.90. The number of hydrogen-bond acceptors (Lipinski definition) is 2. The Morgan fingerprint density at radius 1 is 0.857 bits per heavy atom. The van der Waals surface area contributed by atoms with Gasteiger partial charge in [0, 0.05) is 17.3 Å². The van der Waals surface area contributed by atoms with Gasteiger partial charge in [0.25, 0.3) is 0 Å². The Morgan fingerprint density at radius 2 is 1.48 bits per heavy atom. The molecule has 116 valence electrons. The highest BCUT2D eigenvalue weighted by Gasteiger charge is 2.25. The largest absolute Gasteiger partial charge is 0.325 e. The predicted octanol–water partition coefficient (Wildman–Crippen LogP) is 5.38. The molecule has 0 aliphatic carbocycles. The number of aromatic nitrogens is 3. The minimum atomic E-state index is 0.400. The predicted molar refractivity (Wildman–Crippen MR) is 90.2 cm³/mol. The minimum absolute atomic E-state index is 0.400. The second-order valence-electron chi connectivity index (χ2n) is 7.19. The Hall–Kier alpha value is -1.38. The molecule has 3 nitrogen and oxygen atoms in total. The van der Waals surface area contributed by atoms with Gasteiger partial charge in [-0.3, -0.25) is 0 Å². The topological polar surface area (TPSA) is 30.7 Å². The van der Waals surface area contributed by atoms with Crippen LogP contribution in [0.15, 0.2) is 6.20 Å². The molecule has 0 unspecified atom stereocenters. The highest BCUT2D eigenvalue weighted by molar-refractivity contribution is 5.79. The Morgan fingerprint density at radius 3 is 1.90 bits per heavy atom. The maximum absolute atomic E-state index is 4.96. The van der Waals surface area contributed by atoms with Crippen LogP contribution in [0.2, 0.25) is 0 Å². The monoisotopic (exact) mass is 287 g/mol. The molecule has 21 heavy (non-hydrogen) atoms. The molecule has 0 atom stereocenters. The van der Waals surface area contributed by atoms with Gasteiger partial charge in [0.1, 0.15) is 5.52 Å². The van der Waals surface area contributed by atoms with Crippen molar-refractivity contribution in [2.24, 2.45) is 0 Å². The number of rotatable bonds is 4. The maximum atomic E-state index is 4.96. The zero-order valence-corrected chi connectivity index (χ0v) is 14.7. The van der Waals surface area contributed by atoms with Crippen LogP contribution in [0.4, 0.5) is 0 Å². The molecule has 2 rings (SSSR count). The molecule has 0 bridgehead atoms.